The number of rotatable bonds is 13. The van der Waals surface area contributed by atoms with Crippen LogP contribution in [0.25, 0.3) is 0 Å². The first-order valence-corrected chi connectivity index (χ1v) is 22.7. The van der Waals surface area contributed by atoms with E-state index in [2.05, 4.69) is 29.0 Å². The molecule has 0 saturated heterocycles. The van der Waals surface area contributed by atoms with Crippen molar-refractivity contribution in [3.8, 4) is 23.7 Å². The zero-order valence-electron chi connectivity index (χ0n) is 37.2. The summed E-state index contributed by atoms with van der Waals surface area (Å²) in [4.78, 5) is 34.8. The zero-order valence-corrected chi connectivity index (χ0v) is 42.0. The number of aliphatic hydroxyl groups is 2. The van der Waals surface area contributed by atoms with Gasteiger partial charge in [-0.2, -0.15) is 0 Å². The van der Waals surface area contributed by atoms with Gasteiger partial charge >= 0.3 is 63.2 Å². The second-order valence-electron chi connectivity index (χ2n) is 17.5. The van der Waals surface area contributed by atoms with Gasteiger partial charge in [0, 0.05) is 35.7 Å². The van der Waals surface area contributed by atoms with Gasteiger partial charge < -0.3 is 34.6 Å². The number of fused-ring (bicyclic) bond motifs is 2. The van der Waals surface area contributed by atoms with Crippen molar-refractivity contribution in [2.45, 2.75) is 114 Å². The van der Waals surface area contributed by atoms with Crippen molar-refractivity contribution in [3.05, 3.63) is 88.9 Å². The molecular formula is C45H50KN5O11S2. The van der Waals surface area contributed by atoms with Crippen molar-refractivity contribution in [2.24, 2.45) is 15.4 Å². The maximum atomic E-state index is 13.5. The number of aliphatic carboxylic acids is 1. The van der Waals surface area contributed by atoms with Gasteiger partial charge in [-0.1, -0.05) is 50.0 Å². The first kappa shape index (κ1) is 52.5. The van der Waals surface area contributed by atoms with E-state index in [-0.39, 0.29) is 57.8 Å². The molecule has 2 aromatic rings. The Hall–Kier alpha value is -4.09. The van der Waals surface area contributed by atoms with Crippen LogP contribution in [0.3, 0.4) is 0 Å². The SMILES string of the molecule is CC(C)(O)C#CC1=CN(CCCCCC(=O)O)C2=N/C(=C\C=C\C3=Nc4c(cc(C#CC(C)(C)O)c[n+]4CC(=O)Nc4cc(S(=O)(=O)[O-])ccc4S(=O)(=O)[O-])C3(C)C)C(C)(C)C2=C1.[K+]. The number of nitrogens with one attached hydrogen (secondary N) is 1. The second kappa shape index (κ2) is 19.8. The molecule has 64 heavy (non-hydrogen) atoms. The number of nitrogens with zero attached hydrogens (tertiary/aromatic N) is 4. The third-order valence-corrected chi connectivity index (χ3v) is 11.9. The number of carbonyl (C=O) groups excluding carboxylic acids is 1. The fraction of sp³-hybridized carbons (Fsp3) is 0.400. The van der Waals surface area contributed by atoms with Gasteiger partial charge in [0.15, 0.2) is 12.3 Å². The Bertz CT molecular complexity index is 2800. The number of aromatic nitrogens is 1. The molecule has 19 heteroatoms. The molecule has 3 aliphatic rings. The summed E-state index contributed by atoms with van der Waals surface area (Å²) in [6.07, 6.45) is 12.9. The topological polar surface area (TPSA) is 253 Å². The van der Waals surface area contributed by atoms with E-state index in [4.69, 9.17) is 15.1 Å². The molecule has 0 radical (unpaired) electrons. The minimum absolute atomic E-state index is 0. The molecule has 1 aromatic carbocycles. The van der Waals surface area contributed by atoms with Gasteiger partial charge in [0.25, 0.3) is 5.91 Å². The summed E-state index contributed by atoms with van der Waals surface area (Å²) in [5.74, 6) is 11.0. The van der Waals surface area contributed by atoms with Crippen LogP contribution in [-0.2, 0) is 41.8 Å². The van der Waals surface area contributed by atoms with E-state index < -0.39 is 76.2 Å². The van der Waals surface area contributed by atoms with Gasteiger partial charge in [-0.3, -0.25) is 9.59 Å². The largest absolute Gasteiger partial charge is 1.00 e. The van der Waals surface area contributed by atoms with Crippen LogP contribution in [0.15, 0.2) is 97.6 Å². The molecule has 4 heterocycles. The van der Waals surface area contributed by atoms with Crippen molar-refractivity contribution in [2.75, 3.05) is 11.9 Å². The molecule has 334 valence electrons. The number of hydrogen-bond acceptors (Lipinski definition) is 13. The Morgan fingerprint density at radius 1 is 0.922 bits per heavy atom. The van der Waals surface area contributed by atoms with Crippen LogP contribution in [0.1, 0.15) is 92.2 Å². The number of carboxylic acids is 1. The summed E-state index contributed by atoms with van der Waals surface area (Å²) in [7, 11) is -10.3. The summed E-state index contributed by atoms with van der Waals surface area (Å²) in [6, 6.07) is 3.68. The molecule has 0 fully saturated rings. The predicted octanol–water partition coefficient (Wildman–Crippen LogP) is 1.33. The predicted molar refractivity (Wildman–Crippen MR) is 232 cm³/mol. The number of amides is 1. The van der Waals surface area contributed by atoms with Gasteiger partial charge in [0.2, 0.25) is 0 Å². The normalized spacial score (nSPS) is 17.1. The van der Waals surface area contributed by atoms with Crippen LogP contribution in [0.5, 0.6) is 0 Å². The fourth-order valence-corrected chi connectivity index (χ4v) is 8.00. The third-order valence-electron chi connectivity index (χ3n) is 10.2. The van der Waals surface area contributed by atoms with E-state index in [0.29, 0.717) is 72.2 Å². The van der Waals surface area contributed by atoms with Crippen LogP contribution in [0, 0.1) is 29.1 Å². The molecule has 0 atom stereocenters. The molecule has 0 unspecified atom stereocenters. The standard InChI is InChI=1S/C45H51N5O11S2.K/c1-42(2,54)20-18-29-23-32-40(49(26-29)22-11-9-10-15-39(52)53)47-36(44(32,5)6)13-12-14-37-45(7,8)33-24-30(19-21-43(3,4)55)27-50(41(33)48-37)28-38(51)46-34-25-31(62(56,57)58)16-17-35(34)63(59,60)61;/h12-14,16-17,23-27,54-55H,9-11,15,22,28H2,1-8H3,(H3-,46,51,52,53,56,57,58,59,60,61);/q;+1/p-1. The van der Waals surface area contributed by atoms with E-state index in [1.54, 1.807) is 19.9 Å². The molecule has 16 nitrogen and oxygen atoms in total. The summed E-state index contributed by atoms with van der Waals surface area (Å²) in [5, 5.41) is 32.0. The number of hydrogen-bond donors (Lipinski definition) is 4. The van der Waals surface area contributed by atoms with Gasteiger partial charge in [-0.05, 0) is 102 Å². The van der Waals surface area contributed by atoms with Crippen molar-refractivity contribution >= 4 is 55.2 Å². The maximum Gasteiger partial charge on any atom is 1.00 e. The van der Waals surface area contributed by atoms with Crippen molar-refractivity contribution < 1.29 is 107 Å². The van der Waals surface area contributed by atoms with Gasteiger partial charge in [0.05, 0.1) is 37.7 Å². The van der Waals surface area contributed by atoms with Gasteiger partial charge in [-0.25, -0.2) is 26.4 Å². The summed E-state index contributed by atoms with van der Waals surface area (Å²) in [5.41, 5.74) is -0.664. The van der Waals surface area contributed by atoms with Crippen molar-refractivity contribution in [1.29, 1.82) is 0 Å². The molecule has 1 aromatic heterocycles. The Kier molecular flexibility index (Phi) is 16.2. The van der Waals surface area contributed by atoms with Crippen LogP contribution in [0.2, 0.25) is 0 Å². The molecule has 0 saturated carbocycles. The average Bonchev–Trinajstić information content (AvgIpc) is 3.55. The quantitative estimate of drug-likeness (QED) is 0.0730. The molecule has 0 aliphatic carbocycles. The number of allylic oxidation sites excluding steroid dienone is 6. The van der Waals surface area contributed by atoms with Crippen LogP contribution in [0.4, 0.5) is 11.5 Å². The number of unbranched alkanes of at least 4 members (excludes halogenated alkanes) is 2. The Morgan fingerprint density at radius 2 is 1.58 bits per heavy atom. The molecule has 5 rings (SSSR count). The van der Waals surface area contributed by atoms with E-state index >= 15 is 0 Å². The number of carboxylic acid groups (broad SMARTS) is 1. The molecule has 0 bridgehead atoms. The van der Waals surface area contributed by atoms with Crippen LogP contribution < -0.4 is 61.3 Å². The number of anilines is 1. The Balaban J connectivity index is 0.00000898. The van der Waals surface area contributed by atoms with E-state index in [9.17, 15) is 45.7 Å². The smallest absolute Gasteiger partial charge is 0.744 e. The second-order valence-corrected chi connectivity index (χ2v) is 20.2. The number of aliphatic imine (C=N–C) groups is 2. The Labute approximate surface area is 417 Å². The minimum atomic E-state index is -5.21. The number of amidine groups is 1. The maximum absolute atomic E-state index is 13.5. The van der Waals surface area contributed by atoms with Gasteiger partial charge in [0.1, 0.15) is 43.5 Å². The fourth-order valence-electron chi connectivity index (χ4n) is 6.89. The monoisotopic (exact) mass is 939 g/mol. The van der Waals surface area contributed by atoms with Crippen molar-refractivity contribution in [1.82, 2.24) is 4.90 Å². The Morgan fingerprint density at radius 3 is 2.19 bits per heavy atom. The summed E-state index contributed by atoms with van der Waals surface area (Å²) in [6.45, 7) is 14.2. The molecule has 0 spiro atoms. The minimum Gasteiger partial charge on any atom is -0.744 e. The van der Waals surface area contributed by atoms with Crippen molar-refractivity contribution in [3.63, 3.8) is 0 Å². The average molecular weight is 940 g/mol. The number of pyridine rings is 1. The van der Waals surface area contributed by atoms with Crippen LogP contribution >= 0.6 is 0 Å². The number of benzene rings is 1. The number of carbonyl (C=O) groups is 2. The molecule has 1 amide bonds. The van der Waals surface area contributed by atoms with E-state index in [1.165, 1.54) is 24.6 Å². The van der Waals surface area contributed by atoms with Crippen LogP contribution in [-0.4, -0.2) is 87.3 Å². The van der Waals surface area contributed by atoms with Gasteiger partial charge in [-0.15, -0.1) is 0 Å². The molecular weight excluding hydrogens is 890 g/mol. The molecule has 3 aliphatic heterocycles. The van der Waals surface area contributed by atoms with E-state index in [1.807, 2.05) is 63.1 Å². The molecule has 4 N–H and O–H groups in total. The first-order chi connectivity index (χ1) is 29.0. The third kappa shape index (κ3) is 13.3. The zero-order chi connectivity index (χ0) is 46.9. The summed E-state index contributed by atoms with van der Waals surface area (Å²) < 4.78 is 72.5. The summed E-state index contributed by atoms with van der Waals surface area (Å²) >= 11 is 0. The van der Waals surface area contributed by atoms with E-state index in [0.717, 1.165) is 17.1 Å². The first-order valence-electron chi connectivity index (χ1n) is 19.9.